The van der Waals surface area contributed by atoms with Gasteiger partial charge in [0.25, 0.3) is 5.91 Å². The predicted octanol–water partition coefficient (Wildman–Crippen LogP) is 6.39. The number of carbonyl (C=O) groups is 2. The Bertz CT molecular complexity index is 1090. The maximum atomic E-state index is 12.8. The van der Waals surface area contributed by atoms with Crippen LogP contribution in [0, 0.1) is 0 Å². The molecule has 0 unspecified atom stereocenters. The fraction of sp³-hybridized carbons (Fsp3) is 0.320. The van der Waals surface area contributed by atoms with Crippen molar-refractivity contribution in [3.63, 3.8) is 0 Å². The molecule has 0 radical (unpaired) electrons. The van der Waals surface area contributed by atoms with E-state index in [-0.39, 0.29) is 17.7 Å². The second kappa shape index (κ2) is 10.8. The van der Waals surface area contributed by atoms with Crippen molar-refractivity contribution in [2.24, 2.45) is 0 Å². The molecule has 1 amide bonds. The molecule has 0 bridgehead atoms. The molecule has 5 nitrogen and oxygen atoms in total. The summed E-state index contributed by atoms with van der Waals surface area (Å²) >= 11 is 10.0. The largest absolute Gasteiger partial charge is 0.488 e. The van der Waals surface area contributed by atoms with E-state index in [2.05, 4.69) is 61.0 Å². The number of hydrogen-bond donors (Lipinski definition) is 1. The van der Waals surface area contributed by atoms with Crippen molar-refractivity contribution < 1.29 is 19.4 Å². The highest BCUT2D eigenvalue weighted by atomic mass is 79.9. The van der Waals surface area contributed by atoms with E-state index in [0.717, 1.165) is 15.6 Å². The standard InChI is InChI=1S/C25H26BrNO4S2/c1-25(2,3)18-8-6-16(7-9-18)15-31-20-11-10-19(26)13-17(20)14-21-23(30)27(24(32)33-21)12-4-5-22(28)29/h6-11,13-14H,4-5,12,15H2,1-3H3,(H,28,29)/b21-14+. The highest BCUT2D eigenvalue weighted by molar-refractivity contribution is 9.10. The van der Waals surface area contributed by atoms with E-state index in [9.17, 15) is 9.59 Å². The van der Waals surface area contributed by atoms with Gasteiger partial charge in [-0.2, -0.15) is 0 Å². The Morgan fingerprint density at radius 3 is 2.55 bits per heavy atom. The van der Waals surface area contributed by atoms with Crippen LogP contribution < -0.4 is 4.74 Å². The Morgan fingerprint density at radius 2 is 1.91 bits per heavy atom. The molecular weight excluding hydrogens is 522 g/mol. The Morgan fingerprint density at radius 1 is 1.21 bits per heavy atom. The number of rotatable bonds is 8. The van der Waals surface area contributed by atoms with Gasteiger partial charge in [-0.05, 0) is 47.2 Å². The Balaban J connectivity index is 1.74. The number of carboxylic acid groups (broad SMARTS) is 1. The number of amides is 1. The lowest BCUT2D eigenvalue weighted by Gasteiger charge is -2.19. The summed E-state index contributed by atoms with van der Waals surface area (Å²) in [5.41, 5.74) is 3.18. The van der Waals surface area contributed by atoms with Gasteiger partial charge >= 0.3 is 5.97 Å². The average Bonchev–Trinajstić information content (AvgIpc) is 3.00. The van der Waals surface area contributed by atoms with Gasteiger partial charge in [-0.1, -0.05) is 84.9 Å². The normalized spacial score (nSPS) is 15.4. The molecule has 1 saturated heterocycles. The Hall–Kier alpha value is -2.16. The van der Waals surface area contributed by atoms with Crippen LogP contribution in [0.5, 0.6) is 5.75 Å². The zero-order valence-corrected chi connectivity index (χ0v) is 22.0. The number of nitrogens with zero attached hydrogens (tertiary/aromatic N) is 1. The molecule has 1 aliphatic heterocycles. The van der Waals surface area contributed by atoms with Crippen molar-refractivity contribution in [1.29, 1.82) is 0 Å². The Labute approximate surface area is 212 Å². The zero-order valence-electron chi connectivity index (χ0n) is 18.8. The minimum atomic E-state index is -0.889. The molecule has 174 valence electrons. The molecule has 8 heteroatoms. The number of thiocarbonyl (C=S) groups is 1. The summed E-state index contributed by atoms with van der Waals surface area (Å²) in [6, 6.07) is 14.0. The first kappa shape index (κ1) is 25.5. The first-order valence-corrected chi connectivity index (χ1v) is 12.6. The van der Waals surface area contributed by atoms with E-state index in [0.29, 0.717) is 34.5 Å². The van der Waals surface area contributed by atoms with Crippen LogP contribution in [-0.2, 0) is 21.6 Å². The topological polar surface area (TPSA) is 66.8 Å². The molecule has 0 saturated carbocycles. The second-order valence-electron chi connectivity index (χ2n) is 8.75. The van der Waals surface area contributed by atoms with Crippen molar-refractivity contribution in [2.75, 3.05) is 6.54 Å². The molecule has 1 aliphatic rings. The lowest BCUT2D eigenvalue weighted by Crippen LogP contribution is -2.29. The summed E-state index contributed by atoms with van der Waals surface area (Å²) in [7, 11) is 0. The smallest absolute Gasteiger partial charge is 0.303 e. The van der Waals surface area contributed by atoms with Crippen molar-refractivity contribution in [3.05, 3.63) is 68.5 Å². The van der Waals surface area contributed by atoms with Gasteiger partial charge in [-0.3, -0.25) is 14.5 Å². The predicted molar refractivity (Wildman–Crippen MR) is 140 cm³/mol. The third-order valence-electron chi connectivity index (χ3n) is 5.12. The number of ether oxygens (including phenoxy) is 1. The molecule has 0 atom stereocenters. The Kier molecular flexibility index (Phi) is 8.37. The highest BCUT2D eigenvalue weighted by Crippen LogP contribution is 2.35. The maximum absolute atomic E-state index is 12.8. The number of thioether (sulfide) groups is 1. The molecule has 3 rings (SSSR count). The van der Waals surface area contributed by atoms with Gasteiger partial charge in [0.15, 0.2) is 0 Å². The number of carbonyl (C=O) groups excluding carboxylic acids is 1. The number of halogens is 1. The monoisotopic (exact) mass is 547 g/mol. The third kappa shape index (κ3) is 6.91. The van der Waals surface area contributed by atoms with E-state index in [1.54, 1.807) is 6.08 Å². The molecule has 0 spiro atoms. The molecule has 1 fully saturated rings. The van der Waals surface area contributed by atoms with Crippen LogP contribution in [0.15, 0.2) is 51.8 Å². The van der Waals surface area contributed by atoms with E-state index in [4.69, 9.17) is 22.1 Å². The van der Waals surface area contributed by atoms with Crippen molar-refractivity contribution in [2.45, 2.75) is 45.6 Å². The molecule has 1 N–H and O–H groups in total. The quantitative estimate of drug-likeness (QED) is 0.305. The third-order valence-corrected chi connectivity index (χ3v) is 6.99. The second-order valence-corrected chi connectivity index (χ2v) is 11.3. The molecule has 2 aromatic carbocycles. The maximum Gasteiger partial charge on any atom is 0.303 e. The van der Waals surface area contributed by atoms with Crippen LogP contribution in [-0.4, -0.2) is 32.7 Å². The molecule has 33 heavy (non-hydrogen) atoms. The molecule has 2 aromatic rings. The number of benzene rings is 2. The van der Waals surface area contributed by atoms with Crippen LogP contribution in [0.1, 0.15) is 50.3 Å². The summed E-state index contributed by atoms with van der Waals surface area (Å²) in [6.45, 7) is 7.24. The average molecular weight is 549 g/mol. The van der Waals surface area contributed by atoms with Gasteiger partial charge in [0.2, 0.25) is 0 Å². The summed E-state index contributed by atoms with van der Waals surface area (Å²) in [6.07, 6.45) is 2.13. The van der Waals surface area contributed by atoms with Gasteiger partial charge in [-0.15, -0.1) is 0 Å². The number of hydrogen-bond acceptors (Lipinski definition) is 5. The van der Waals surface area contributed by atoms with Crippen molar-refractivity contribution >= 4 is 62.2 Å². The number of carboxylic acids is 1. The zero-order chi connectivity index (χ0) is 24.2. The first-order valence-electron chi connectivity index (χ1n) is 10.5. The van der Waals surface area contributed by atoms with Gasteiger partial charge in [0, 0.05) is 23.0 Å². The van der Waals surface area contributed by atoms with Crippen LogP contribution >= 0.6 is 39.9 Å². The summed E-state index contributed by atoms with van der Waals surface area (Å²) in [4.78, 5) is 25.6. The SMILES string of the molecule is CC(C)(C)c1ccc(COc2ccc(Br)cc2/C=C2/SC(=S)N(CCCC(=O)O)C2=O)cc1. The molecular formula is C25H26BrNO4S2. The van der Waals surface area contributed by atoms with E-state index in [1.807, 2.05) is 18.2 Å². The number of aliphatic carboxylic acids is 1. The summed E-state index contributed by atoms with van der Waals surface area (Å²) in [5, 5.41) is 8.83. The summed E-state index contributed by atoms with van der Waals surface area (Å²) in [5.74, 6) is -0.437. The van der Waals surface area contributed by atoms with Crippen LogP contribution in [0.4, 0.5) is 0 Å². The van der Waals surface area contributed by atoms with E-state index < -0.39 is 5.97 Å². The lowest BCUT2D eigenvalue weighted by molar-refractivity contribution is -0.137. The summed E-state index contributed by atoms with van der Waals surface area (Å²) < 4.78 is 7.40. The molecule has 0 aliphatic carbocycles. The van der Waals surface area contributed by atoms with Gasteiger partial charge in [0.05, 0.1) is 4.91 Å². The molecule has 1 heterocycles. The first-order chi connectivity index (χ1) is 15.5. The van der Waals surface area contributed by atoms with Gasteiger partial charge in [0.1, 0.15) is 16.7 Å². The van der Waals surface area contributed by atoms with Crippen LogP contribution in [0.2, 0.25) is 0 Å². The fourth-order valence-corrected chi connectivity index (χ4v) is 4.93. The van der Waals surface area contributed by atoms with E-state index >= 15 is 0 Å². The van der Waals surface area contributed by atoms with Crippen molar-refractivity contribution in [3.8, 4) is 5.75 Å². The van der Waals surface area contributed by atoms with E-state index in [1.165, 1.54) is 22.2 Å². The highest BCUT2D eigenvalue weighted by Gasteiger charge is 2.32. The van der Waals surface area contributed by atoms with Crippen molar-refractivity contribution in [1.82, 2.24) is 4.90 Å². The fourth-order valence-electron chi connectivity index (χ4n) is 3.25. The van der Waals surface area contributed by atoms with Crippen LogP contribution in [0.25, 0.3) is 6.08 Å². The minimum absolute atomic E-state index is 0.00351. The van der Waals surface area contributed by atoms with Gasteiger partial charge in [-0.25, -0.2) is 0 Å². The van der Waals surface area contributed by atoms with Crippen LogP contribution in [0.3, 0.4) is 0 Å². The minimum Gasteiger partial charge on any atom is -0.488 e. The van der Waals surface area contributed by atoms with Gasteiger partial charge < -0.3 is 9.84 Å². The molecule has 0 aromatic heterocycles. The lowest BCUT2D eigenvalue weighted by atomic mass is 9.87.